The second kappa shape index (κ2) is 6.10. The smallest absolute Gasteiger partial charge is 0.348 e. The van der Waals surface area contributed by atoms with E-state index in [1.54, 1.807) is 0 Å². The Hall–Kier alpha value is -1.48. The maximum Gasteiger partial charge on any atom is 0.393 e. The fourth-order valence-electron chi connectivity index (χ4n) is 1.19. The van der Waals surface area contributed by atoms with E-state index in [9.17, 15) is 35.9 Å². The van der Waals surface area contributed by atoms with Crippen LogP contribution in [0, 0.1) is 0 Å². The molecule has 0 aliphatic carbocycles. The van der Waals surface area contributed by atoms with Crippen LogP contribution in [0.25, 0.3) is 0 Å². The summed E-state index contributed by atoms with van der Waals surface area (Å²) in [5, 5.41) is 2.81. The summed E-state index contributed by atoms with van der Waals surface area (Å²) in [5.74, 6) is -22.9. The highest BCUT2D eigenvalue weighted by Crippen LogP contribution is 2.46. The molecule has 0 aromatic carbocycles. The molecule has 0 fully saturated rings. The summed E-state index contributed by atoms with van der Waals surface area (Å²) in [6.45, 7) is 4.71. The van der Waals surface area contributed by atoms with Gasteiger partial charge >= 0.3 is 17.8 Å². The van der Waals surface area contributed by atoms with Gasteiger partial charge in [-0.05, 0) is 27.7 Å². The van der Waals surface area contributed by atoms with E-state index in [1.807, 2.05) is 0 Å². The molecule has 0 heterocycles. The minimum Gasteiger partial charge on any atom is -0.348 e. The Balaban J connectivity index is 5.51. The lowest BCUT2D eigenvalue weighted by Crippen LogP contribution is -2.65. The summed E-state index contributed by atoms with van der Waals surface area (Å²) in [6, 6.07) is -1.95. The van der Waals surface area contributed by atoms with Gasteiger partial charge in [-0.2, -0.15) is 26.3 Å². The molecule has 124 valence electrons. The molecule has 0 spiro atoms. The Morgan fingerprint density at radius 1 is 0.714 bits per heavy atom. The Morgan fingerprint density at radius 3 is 1.14 bits per heavy atom. The largest absolute Gasteiger partial charge is 0.393 e. The van der Waals surface area contributed by atoms with Crippen molar-refractivity contribution in [2.24, 2.45) is 0 Å². The third kappa shape index (κ3) is 3.79. The van der Waals surface area contributed by atoms with Gasteiger partial charge < -0.3 is 10.6 Å². The van der Waals surface area contributed by atoms with Crippen molar-refractivity contribution in [2.75, 3.05) is 0 Å². The molecule has 2 N–H and O–H groups in total. The van der Waals surface area contributed by atoms with Crippen molar-refractivity contribution in [2.45, 2.75) is 57.5 Å². The van der Waals surface area contributed by atoms with Gasteiger partial charge in [-0.15, -0.1) is 0 Å². The fraction of sp³-hybridized carbons (Fsp3) is 0.818. The predicted molar refractivity (Wildman–Crippen MR) is 61.4 cm³/mol. The van der Waals surface area contributed by atoms with Crippen LogP contribution in [0.15, 0.2) is 0 Å². The van der Waals surface area contributed by atoms with Crippen LogP contribution in [0.3, 0.4) is 0 Å². The molecule has 0 aliphatic rings. The zero-order chi connectivity index (χ0) is 17.2. The van der Waals surface area contributed by atoms with E-state index in [0.29, 0.717) is 0 Å². The Kier molecular flexibility index (Phi) is 5.67. The van der Waals surface area contributed by atoms with Crippen LogP contribution >= 0.6 is 0 Å². The number of alkyl halides is 6. The number of halogens is 6. The number of hydrogen-bond acceptors (Lipinski definition) is 2. The molecule has 2 amide bonds. The lowest BCUT2D eigenvalue weighted by atomic mass is 10.0. The molecule has 10 heteroatoms. The molecule has 0 radical (unpaired) electrons. The van der Waals surface area contributed by atoms with Crippen LogP contribution in [0.1, 0.15) is 27.7 Å². The molecule has 0 aliphatic heterocycles. The molecule has 0 saturated carbocycles. The van der Waals surface area contributed by atoms with Crippen molar-refractivity contribution < 1.29 is 35.9 Å². The van der Waals surface area contributed by atoms with Gasteiger partial charge in [0.2, 0.25) is 0 Å². The summed E-state index contributed by atoms with van der Waals surface area (Å²) < 4.78 is 80.0. The number of hydrogen-bond donors (Lipinski definition) is 2. The first-order valence-electron chi connectivity index (χ1n) is 5.93. The van der Waals surface area contributed by atoms with Gasteiger partial charge in [0.05, 0.1) is 0 Å². The number of carbonyl (C=O) groups is 2. The standard InChI is InChI=1S/C11H16F6N2O2/c1-5(2)18-7(20)9(12,13)11(16,17)10(14,15)8(21)19-6(3)4/h5-6H,1-4H3,(H,18,20)(H,19,21). The second-order valence-electron chi connectivity index (χ2n) is 4.98. The lowest BCUT2D eigenvalue weighted by Gasteiger charge is -2.31. The van der Waals surface area contributed by atoms with Crippen molar-refractivity contribution in [3.8, 4) is 0 Å². The third-order valence-electron chi connectivity index (χ3n) is 2.20. The van der Waals surface area contributed by atoms with Crippen LogP contribution in [-0.4, -0.2) is 41.7 Å². The lowest BCUT2D eigenvalue weighted by molar-refractivity contribution is -0.287. The highest BCUT2D eigenvalue weighted by molar-refractivity contribution is 5.90. The van der Waals surface area contributed by atoms with Gasteiger partial charge in [0.25, 0.3) is 11.8 Å². The molecule has 0 bridgehead atoms. The average Bonchev–Trinajstić information content (AvgIpc) is 2.26. The summed E-state index contributed by atoms with van der Waals surface area (Å²) in [6.07, 6.45) is 0. The first kappa shape index (κ1) is 19.5. The third-order valence-corrected chi connectivity index (χ3v) is 2.20. The van der Waals surface area contributed by atoms with E-state index in [0.717, 1.165) is 0 Å². The van der Waals surface area contributed by atoms with E-state index < -0.39 is 41.7 Å². The predicted octanol–water partition coefficient (Wildman–Crippen LogP) is 1.94. The Labute approximate surface area is 117 Å². The normalized spacial score (nSPS) is 13.5. The SMILES string of the molecule is CC(C)NC(=O)C(F)(F)C(F)(F)C(F)(F)C(=O)NC(C)C. The second-order valence-corrected chi connectivity index (χ2v) is 4.98. The molecule has 0 aromatic heterocycles. The van der Waals surface area contributed by atoms with Gasteiger partial charge in [0.15, 0.2) is 0 Å². The van der Waals surface area contributed by atoms with E-state index in [4.69, 9.17) is 0 Å². The highest BCUT2D eigenvalue weighted by atomic mass is 19.3. The quantitative estimate of drug-likeness (QED) is 0.734. The summed E-state index contributed by atoms with van der Waals surface area (Å²) in [7, 11) is 0. The van der Waals surface area contributed by atoms with Crippen LogP contribution < -0.4 is 10.6 Å². The van der Waals surface area contributed by atoms with E-state index in [2.05, 4.69) is 0 Å². The zero-order valence-electron chi connectivity index (χ0n) is 11.7. The molecule has 0 atom stereocenters. The fourth-order valence-corrected chi connectivity index (χ4v) is 1.19. The molecular weight excluding hydrogens is 306 g/mol. The summed E-state index contributed by atoms with van der Waals surface area (Å²) in [4.78, 5) is 22.0. The van der Waals surface area contributed by atoms with Gasteiger partial charge in [-0.1, -0.05) is 0 Å². The number of amides is 2. The molecule has 0 unspecified atom stereocenters. The van der Waals surface area contributed by atoms with Gasteiger partial charge in [0.1, 0.15) is 0 Å². The first-order valence-corrected chi connectivity index (χ1v) is 5.93. The maximum atomic E-state index is 13.4. The number of carbonyl (C=O) groups excluding carboxylic acids is 2. The summed E-state index contributed by atoms with van der Waals surface area (Å²) >= 11 is 0. The van der Waals surface area contributed by atoms with Crippen LogP contribution in [0.5, 0.6) is 0 Å². The van der Waals surface area contributed by atoms with Crippen molar-refractivity contribution in [1.29, 1.82) is 0 Å². The average molecular weight is 322 g/mol. The van der Waals surface area contributed by atoms with Gasteiger partial charge in [-0.3, -0.25) is 9.59 Å². The Bertz CT molecular complexity index is 374. The summed E-state index contributed by atoms with van der Waals surface area (Å²) in [5.41, 5.74) is 0. The minimum absolute atomic E-state index is 0.975. The van der Waals surface area contributed by atoms with Crippen molar-refractivity contribution in [3.05, 3.63) is 0 Å². The highest BCUT2D eigenvalue weighted by Gasteiger charge is 2.77. The van der Waals surface area contributed by atoms with Crippen LogP contribution in [0.4, 0.5) is 26.3 Å². The zero-order valence-corrected chi connectivity index (χ0v) is 11.7. The van der Waals surface area contributed by atoms with Crippen LogP contribution in [0.2, 0.25) is 0 Å². The Morgan fingerprint density at radius 2 is 0.952 bits per heavy atom. The molecule has 0 saturated heterocycles. The molecule has 21 heavy (non-hydrogen) atoms. The van der Waals surface area contributed by atoms with E-state index in [1.165, 1.54) is 38.3 Å². The maximum absolute atomic E-state index is 13.4. The topological polar surface area (TPSA) is 58.2 Å². The van der Waals surface area contributed by atoms with E-state index in [-0.39, 0.29) is 0 Å². The molecule has 0 aromatic rings. The molecule has 4 nitrogen and oxygen atoms in total. The number of nitrogens with one attached hydrogen (secondary N) is 2. The first-order chi connectivity index (χ1) is 9.17. The van der Waals surface area contributed by atoms with Crippen molar-refractivity contribution in [1.82, 2.24) is 10.6 Å². The minimum atomic E-state index is -6.18. The molecular formula is C11H16F6N2O2. The van der Waals surface area contributed by atoms with Crippen molar-refractivity contribution in [3.63, 3.8) is 0 Å². The van der Waals surface area contributed by atoms with E-state index >= 15 is 0 Å². The molecule has 0 rings (SSSR count). The number of rotatable bonds is 6. The van der Waals surface area contributed by atoms with Crippen LogP contribution in [-0.2, 0) is 9.59 Å². The van der Waals surface area contributed by atoms with Gasteiger partial charge in [-0.25, -0.2) is 0 Å². The van der Waals surface area contributed by atoms with Crippen molar-refractivity contribution >= 4 is 11.8 Å². The monoisotopic (exact) mass is 322 g/mol. The van der Waals surface area contributed by atoms with Gasteiger partial charge in [0, 0.05) is 12.1 Å².